The van der Waals surface area contributed by atoms with Crippen molar-refractivity contribution in [3.8, 4) is 0 Å². The van der Waals surface area contributed by atoms with Gasteiger partial charge in [0, 0.05) is 6.54 Å². The molecule has 1 aromatic heterocycles. The van der Waals surface area contributed by atoms with Crippen LogP contribution in [0.5, 0.6) is 0 Å². The second kappa shape index (κ2) is 4.57. The molecule has 0 fully saturated rings. The van der Waals surface area contributed by atoms with E-state index in [-0.39, 0.29) is 5.56 Å². The molecule has 0 aliphatic heterocycles. The summed E-state index contributed by atoms with van der Waals surface area (Å²) in [5.41, 5.74) is 2.77. The van der Waals surface area contributed by atoms with Gasteiger partial charge in [0.05, 0.1) is 17.4 Å². The van der Waals surface area contributed by atoms with Crippen LogP contribution < -0.4 is 0 Å². The van der Waals surface area contributed by atoms with Crippen molar-refractivity contribution in [1.82, 2.24) is 9.55 Å². The molecule has 1 N–H and O–H groups in total. The van der Waals surface area contributed by atoms with Gasteiger partial charge in [-0.15, -0.1) is 0 Å². The number of imidazole rings is 1. The molecule has 0 spiro atoms. The minimum atomic E-state index is -0.949. The third-order valence-electron chi connectivity index (χ3n) is 3.08. The van der Waals surface area contributed by atoms with Crippen LogP contribution in [-0.4, -0.2) is 20.6 Å². The van der Waals surface area contributed by atoms with Gasteiger partial charge in [-0.1, -0.05) is 36.4 Å². The van der Waals surface area contributed by atoms with Crippen LogP contribution >= 0.6 is 0 Å². The molecule has 94 valence electrons. The number of carboxylic acid groups (broad SMARTS) is 1. The Bertz CT molecular complexity index is 732. The van der Waals surface area contributed by atoms with Crippen molar-refractivity contribution in [2.75, 3.05) is 0 Å². The van der Waals surface area contributed by atoms with Crippen LogP contribution in [0.3, 0.4) is 0 Å². The van der Waals surface area contributed by atoms with Crippen molar-refractivity contribution in [3.05, 3.63) is 66.0 Å². The van der Waals surface area contributed by atoms with Crippen molar-refractivity contribution < 1.29 is 9.90 Å². The number of fused-ring (bicyclic) bond motifs is 1. The summed E-state index contributed by atoms with van der Waals surface area (Å²) < 4.78 is 1.96. The summed E-state index contributed by atoms with van der Waals surface area (Å²) in [5.74, 6) is -0.949. The molecule has 4 nitrogen and oxygen atoms in total. The van der Waals surface area contributed by atoms with Crippen LogP contribution in [0.2, 0.25) is 0 Å². The average Bonchev–Trinajstić information content (AvgIpc) is 2.83. The molecular formula is C15H12N2O2. The fourth-order valence-electron chi connectivity index (χ4n) is 2.17. The van der Waals surface area contributed by atoms with Gasteiger partial charge in [-0.2, -0.15) is 0 Å². The van der Waals surface area contributed by atoms with Crippen LogP contribution in [0, 0.1) is 0 Å². The van der Waals surface area contributed by atoms with Gasteiger partial charge in [-0.3, -0.25) is 0 Å². The van der Waals surface area contributed by atoms with E-state index in [1.807, 2.05) is 41.0 Å². The maximum atomic E-state index is 11.1. The largest absolute Gasteiger partial charge is 0.478 e. The number of aromatic nitrogens is 2. The summed E-state index contributed by atoms with van der Waals surface area (Å²) >= 11 is 0. The highest BCUT2D eigenvalue weighted by Gasteiger charge is 2.12. The molecule has 19 heavy (non-hydrogen) atoms. The van der Waals surface area contributed by atoms with Crippen LogP contribution in [0.1, 0.15) is 15.9 Å². The predicted octanol–water partition coefficient (Wildman–Crippen LogP) is 2.78. The van der Waals surface area contributed by atoms with Crippen molar-refractivity contribution in [2.24, 2.45) is 0 Å². The zero-order chi connectivity index (χ0) is 13.2. The molecule has 0 atom stereocenters. The van der Waals surface area contributed by atoms with E-state index in [0.29, 0.717) is 12.1 Å². The highest BCUT2D eigenvalue weighted by molar-refractivity contribution is 6.00. The number of aromatic carboxylic acids is 1. The van der Waals surface area contributed by atoms with Crippen LogP contribution in [0.4, 0.5) is 0 Å². The Morgan fingerprint density at radius 1 is 1.11 bits per heavy atom. The van der Waals surface area contributed by atoms with E-state index in [0.717, 1.165) is 11.1 Å². The summed E-state index contributed by atoms with van der Waals surface area (Å²) in [4.78, 5) is 15.4. The Kier molecular flexibility index (Phi) is 2.76. The molecule has 0 bridgehead atoms. The number of rotatable bonds is 3. The Morgan fingerprint density at radius 3 is 2.63 bits per heavy atom. The van der Waals surface area contributed by atoms with E-state index in [9.17, 15) is 4.79 Å². The normalized spacial score (nSPS) is 10.7. The zero-order valence-corrected chi connectivity index (χ0v) is 10.2. The van der Waals surface area contributed by atoms with Crippen molar-refractivity contribution in [3.63, 3.8) is 0 Å². The molecule has 3 aromatic rings. The minimum absolute atomic E-state index is 0.240. The van der Waals surface area contributed by atoms with E-state index < -0.39 is 5.97 Å². The first-order valence-electron chi connectivity index (χ1n) is 5.97. The van der Waals surface area contributed by atoms with Crippen molar-refractivity contribution in [1.29, 1.82) is 0 Å². The number of hydrogen-bond acceptors (Lipinski definition) is 2. The maximum absolute atomic E-state index is 11.1. The van der Waals surface area contributed by atoms with E-state index in [1.54, 1.807) is 18.5 Å². The number of carboxylic acids is 1. The lowest BCUT2D eigenvalue weighted by Gasteiger charge is -2.04. The molecule has 0 aliphatic carbocycles. The summed E-state index contributed by atoms with van der Waals surface area (Å²) in [6.07, 6.45) is 1.68. The lowest BCUT2D eigenvalue weighted by atomic mass is 10.2. The topological polar surface area (TPSA) is 55.1 Å². The number of carbonyl (C=O) groups is 1. The van der Waals surface area contributed by atoms with E-state index >= 15 is 0 Å². The first-order valence-corrected chi connectivity index (χ1v) is 5.97. The SMILES string of the molecule is O=C(O)c1cccc2c1ncn2Cc1ccccc1. The molecular weight excluding hydrogens is 240 g/mol. The third-order valence-corrected chi connectivity index (χ3v) is 3.08. The summed E-state index contributed by atoms with van der Waals surface area (Å²) in [6.45, 7) is 0.681. The van der Waals surface area contributed by atoms with Crippen molar-refractivity contribution >= 4 is 17.0 Å². The molecule has 0 saturated heterocycles. The monoisotopic (exact) mass is 252 g/mol. The number of hydrogen-bond donors (Lipinski definition) is 1. The first-order chi connectivity index (χ1) is 9.25. The lowest BCUT2D eigenvalue weighted by Crippen LogP contribution is -1.99. The van der Waals surface area contributed by atoms with Crippen LogP contribution in [0.25, 0.3) is 11.0 Å². The van der Waals surface area contributed by atoms with E-state index in [4.69, 9.17) is 5.11 Å². The minimum Gasteiger partial charge on any atom is -0.478 e. The molecule has 0 saturated carbocycles. The number of nitrogens with zero attached hydrogens (tertiary/aromatic N) is 2. The van der Waals surface area contributed by atoms with Crippen molar-refractivity contribution in [2.45, 2.75) is 6.54 Å². The van der Waals surface area contributed by atoms with Crippen LogP contribution in [-0.2, 0) is 6.54 Å². The Morgan fingerprint density at radius 2 is 1.89 bits per heavy atom. The molecule has 2 aromatic carbocycles. The van der Waals surface area contributed by atoms with E-state index in [1.165, 1.54) is 0 Å². The second-order valence-corrected chi connectivity index (χ2v) is 4.34. The lowest BCUT2D eigenvalue weighted by molar-refractivity contribution is 0.0699. The molecule has 1 heterocycles. The Hall–Kier alpha value is -2.62. The van der Waals surface area contributed by atoms with Gasteiger partial charge < -0.3 is 9.67 Å². The van der Waals surface area contributed by atoms with Gasteiger partial charge in [-0.05, 0) is 17.7 Å². The fraction of sp³-hybridized carbons (Fsp3) is 0.0667. The summed E-state index contributed by atoms with van der Waals surface area (Å²) in [7, 11) is 0. The van der Waals surface area contributed by atoms with Gasteiger partial charge in [-0.25, -0.2) is 9.78 Å². The molecule has 0 amide bonds. The number of benzene rings is 2. The first kappa shape index (κ1) is 11.5. The van der Waals surface area contributed by atoms with Gasteiger partial charge in [0.2, 0.25) is 0 Å². The van der Waals surface area contributed by atoms with Crippen LogP contribution in [0.15, 0.2) is 54.9 Å². The van der Waals surface area contributed by atoms with Gasteiger partial charge in [0.1, 0.15) is 5.52 Å². The Labute approximate surface area is 109 Å². The molecule has 4 heteroatoms. The van der Waals surface area contributed by atoms with Gasteiger partial charge in [0.15, 0.2) is 0 Å². The zero-order valence-electron chi connectivity index (χ0n) is 10.2. The smallest absolute Gasteiger partial charge is 0.337 e. The summed E-state index contributed by atoms with van der Waals surface area (Å²) in [5, 5.41) is 9.13. The number of para-hydroxylation sites is 1. The van der Waals surface area contributed by atoms with Gasteiger partial charge in [0.25, 0.3) is 0 Å². The fourth-order valence-corrected chi connectivity index (χ4v) is 2.17. The summed E-state index contributed by atoms with van der Waals surface area (Å²) in [6, 6.07) is 15.2. The standard InChI is InChI=1S/C15H12N2O2/c18-15(19)12-7-4-8-13-14(12)16-10-17(13)9-11-5-2-1-3-6-11/h1-8,10H,9H2,(H,18,19). The van der Waals surface area contributed by atoms with E-state index in [2.05, 4.69) is 4.98 Å². The molecule has 3 rings (SSSR count). The predicted molar refractivity (Wildman–Crippen MR) is 72.2 cm³/mol. The maximum Gasteiger partial charge on any atom is 0.337 e. The average molecular weight is 252 g/mol. The van der Waals surface area contributed by atoms with Gasteiger partial charge >= 0.3 is 5.97 Å². The third kappa shape index (κ3) is 2.08. The molecule has 0 aliphatic rings. The Balaban J connectivity index is 2.07. The quantitative estimate of drug-likeness (QED) is 0.779. The second-order valence-electron chi connectivity index (χ2n) is 4.34. The highest BCUT2D eigenvalue weighted by Crippen LogP contribution is 2.18. The molecule has 0 radical (unpaired) electrons. The molecule has 0 unspecified atom stereocenters. The highest BCUT2D eigenvalue weighted by atomic mass is 16.4.